The zero-order valence-corrected chi connectivity index (χ0v) is 12.9. The second-order valence-electron chi connectivity index (χ2n) is 4.53. The van der Waals surface area contributed by atoms with Gasteiger partial charge in [0, 0.05) is 18.6 Å². The van der Waals surface area contributed by atoms with Crippen molar-refractivity contribution in [1.82, 2.24) is 4.90 Å². The van der Waals surface area contributed by atoms with Crippen molar-refractivity contribution < 1.29 is 19.1 Å². The average molecular weight is 324 g/mol. The van der Waals surface area contributed by atoms with Gasteiger partial charge in [0.15, 0.2) is 0 Å². The molecule has 2 heterocycles. The summed E-state index contributed by atoms with van der Waals surface area (Å²) in [7, 11) is 0. The Labute approximate surface area is 132 Å². The molecule has 0 aromatic carbocycles. The molecule has 112 valence electrons. The second-order valence-corrected chi connectivity index (χ2v) is 6.21. The van der Waals surface area contributed by atoms with Gasteiger partial charge in [0.1, 0.15) is 10.1 Å². The monoisotopic (exact) mass is 324 g/mol. The quantitative estimate of drug-likeness (QED) is 0.432. The molecular weight excluding hydrogens is 310 g/mol. The number of furan rings is 1. The van der Waals surface area contributed by atoms with E-state index >= 15 is 0 Å². The second kappa shape index (κ2) is 7.42. The van der Waals surface area contributed by atoms with Crippen molar-refractivity contribution in [3.8, 4) is 0 Å². The minimum Gasteiger partial charge on any atom is -0.550 e. The summed E-state index contributed by atoms with van der Waals surface area (Å²) in [6, 6.07) is 3.52. The van der Waals surface area contributed by atoms with E-state index in [-0.39, 0.29) is 12.3 Å². The van der Waals surface area contributed by atoms with E-state index in [9.17, 15) is 14.7 Å². The molecule has 7 heteroatoms. The van der Waals surface area contributed by atoms with Crippen molar-refractivity contribution in [2.75, 3.05) is 6.54 Å². The molecule has 5 nitrogen and oxygen atoms in total. The lowest BCUT2D eigenvalue weighted by Gasteiger charge is -2.14. The first kappa shape index (κ1) is 15.8. The Balaban J connectivity index is 1.86. The molecule has 1 aromatic heterocycles. The topological polar surface area (TPSA) is 73.6 Å². The van der Waals surface area contributed by atoms with Crippen molar-refractivity contribution in [1.29, 1.82) is 0 Å². The van der Waals surface area contributed by atoms with E-state index in [0.29, 0.717) is 34.4 Å². The van der Waals surface area contributed by atoms with Gasteiger partial charge in [0.25, 0.3) is 5.91 Å². The number of hydrogen-bond acceptors (Lipinski definition) is 6. The molecule has 0 radical (unpaired) electrons. The zero-order valence-electron chi connectivity index (χ0n) is 11.2. The van der Waals surface area contributed by atoms with E-state index in [1.54, 1.807) is 29.4 Å². The fourth-order valence-corrected chi connectivity index (χ4v) is 3.20. The summed E-state index contributed by atoms with van der Waals surface area (Å²) in [5.41, 5.74) is 0. The number of carboxylic acids is 1. The molecule has 1 saturated heterocycles. The number of carbonyl (C=O) groups excluding carboxylic acids is 2. The first-order chi connectivity index (χ1) is 10.1. The molecule has 1 aliphatic heterocycles. The number of amides is 1. The zero-order chi connectivity index (χ0) is 15.2. The van der Waals surface area contributed by atoms with Crippen LogP contribution in [0.5, 0.6) is 0 Å². The van der Waals surface area contributed by atoms with Crippen molar-refractivity contribution in [2.45, 2.75) is 25.7 Å². The van der Waals surface area contributed by atoms with Gasteiger partial charge in [-0.2, -0.15) is 0 Å². The molecule has 0 spiro atoms. The van der Waals surface area contributed by atoms with Gasteiger partial charge in [-0.1, -0.05) is 30.4 Å². The van der Waals surface area contributed by atoms with Gasteiger partial charge in [0.05, 0.1) is 11.2 Å². The third kappa shape index (κ3) is 4.44. The van der Waals surface area contributed by atoms with E-state index in [0.717, 1.165) is 6.42 Å². The minimum absolute atomic E-state index is 0.0524. The molecular formula is C14H14NO4S2-. The normalized spacial score (nSPS) is 17.0. The number of carbonyl (C=O) groups is 2. The van der Waals surface area contributed by atoms with Gasteiger partial charge in [-0.3, -0.25) is 9.69 Å². The first-order valence-electron chi connectivity index (χ1n) is 6.56. The van der Waals surface area contributed by atoms with Crippen LogP contribution in [0, 0.1) is 0 Å². The molecule has 0 aliphatic carbocycles. The molecule has 0 bridgehead atoms. The Morgan fingerprint density at radius 2 is 2.24 bits per heavy atom. The Morgan fingerprint density at radius 1 is 1.43 bits per heavy atom. The smallest absolute Gasteiger partial charge is 0.266 e. The van der Waals surface area contributed by atoms with Crippen LogP contribution >= 0.6 is 24.0 Å². The summed E-state index contributed by atoms with van der Waals surface area (Å²) in [5.74, 6) is -0.548. The lowest BCUT2D eigenvalue weighted by atomic mass is 10.2. The van der Waals surface area contributed by atoms with E-state index < -0.39 is 5.97 Å². The Bertz CT molecular complexity index is 566. The molecule has 1 fully saturated rings. The molecule has 2 rings (SSSR count). The van der Waals surface area contributed by atoms with E-state index in [2.05, 4.69) is 0 Å². The fourth-order valence-electron chi connectivity index (χ4n) is 1.91. The average Bonchev–Trinajstić information content (AvgIpc) is 3.01. The van der Waals surface area contributed by atoms with Crippen LogP contribution in [0.25, 0.3) is 6.08 Å². The summed E-state index contributed by atoms with van der Waals surface area (Å²) in [5, 5.41) is 10.3. The molecule has 0 unspecified atom stereocenters. The number of rotatable bonds is 7. The molecule has 0 atom stereocenters. The van der Waals surface area contributed by atoms with Gasteiger partial charge < -0.3 is 14.3 Å². The highest BCUT2D eigenvalue weighted by atomic mass is 32.2. The maximum absolute atomic E-state index is 12.2. The molecule has 1 aliphatic rings. The van der Waals surface area contributed by atoms with E-state index in [1.165, 1.54) is 11.8 Å². The first-order valence-corrected chi connectivity index (χ1v) is 7.79. The van der Waals surface area contributed by atoms with Crippen molar-refractivity contribution in [3.63, 3.8) is 0 Å². The number of carboxylic acid groups (broad SMARTS) is 1. The van der Waals surface area contributed by atoms with Gasteiger partial charge in [0.2, 0.25) is 0 Å². The van der Waals surface area contributed by atoms with Crippen molar-refractivity contribution in [3.05, 3.63) is 29.1 Å². The Hall–Kier alpha value is -1.60. The fraction of sp³-hybridized carbons (Fsp3) is 0.357. The highest BCUT2D eigenvalue weighted by Crippen LogP contribution is 2.32. The van der Waals surface area contributed by atoms with Crippen LogP contribution in [-0.2, 0) is 9.59 Å². The summed E-state index contributed by atoms with van der Waals surface area (Å²) in [6.07, 6.45) is 5.27. The maximum atomic E-state index is 12.2. The number of hydrogen-bond donors (Lipinski definition) is 0. The third-order valence-corrected chi connectivity index (χ3v) is 4.33. The van der Waals surface area contributed by atoms with Crippen LogP contribution in [0.3, 0.4) is 0 Å². The van der Waals surface area contributed by atoms with Crippen LogP contribution in [-0.4, -0.2) is 27.6 Å². The molecule has 0 saturated carbocycles. The summed E-state index contributed by atoms with van der Waals surface area (Å²) in [4.78, 5) is 24.6. The van der Waals surface area contributed by atoms with E-state index in [4.69, 9.17) is 16.6 Å². The maximum Gasteiger partial charge on any atom is 0.266 e. The van der Waals surface area contributed by atoms with Gasteiger partial charge in [-0.05, 0) is 31.4 Å². The lowest BCUT2D eigenvalue weighted by molar-refractivity contribution is -0.305. The van der Waals surface area contributed by atoms with E-state index in [1.807, 2.05) is 0 Å². The predicted molar refractivity (Wildman–Crippen MR) is 82.1 cm³/mol. The highest BCUT2D eigenvalue weighted by Gasteiger charge is 2.31. The Morgan fingerprint density at radius 3 is 2.90 bits per heavy atom. The van der Waals surface area contributed by atoms with Crippen LogP contribution < -0.4 is 5.11 Å². The van der Waals surface area contributed by atoms with Crippen LogP contribution in [0.4, 0.5) is 0 Å². The molecule has 0 N–H and O–H groups in total. The number of thioether (sulfide) groups is 1. The summed E-state index contributed by atoms with van der Waals surface area (Å²) < 4.78 is 5.71. The van der Waals surface area contributed by atoms with Crippen molar-refractivity contribution >= 4 is 46.3 Å². The summed E-state index contributed by atoms with van der Waals surface area (Å²) >= 11 is 6.46. The number of nitrogens with zero attached hydrogens (tertiary/aromatic N) is 1. The highest BCUT2D eigenvalue weighted by molar-refractivity contribution is 8.26. The van der Waals surface area contributed by atoms with Gasteiger partial charge in [-0.15, -0.1) is 0 Å². The number of thiocarbonyl (C=S) groups is 1. The van der Waals surface area contributed by atoms with Gasteiger partial charge >= 0.3 is 0 Å². The van der Waals surface area contributed by atoms with Crippen molar-refractivity contribution in [2.24, 2.45) is 0 Å². The van der Waals surface area contributed by atoms with Crippen LogP contribution in [0.1, 0.15) is 31.4 Å². The van der Waals surface area contributed by atoms with Crippen LogP contribution in [0.15, 0.2) is 27.7 Å². The molecule has 21 heavy (non-hydrogen) atoms. The third-order valence-electron chi connectivity index (χ3n) is 2.95. The number of unbranched alkanes of at least 4 members (excludes halogenated alkanes) is 2. The largest absolute Gasteiger partial charge is 0.550 e. The van der Waals surface area contributed by atoms with Gasteiger partial charge in [-0.25, -0.2) is 0 Å². The Kier molecular flexibility index (Phi) is 5.58. The van der Waals surface area contributed by atoms with Crippen LogP contribution in [0.2, 0.25) is 0 Å². The number of aliphatic carboxylic acids is 1. The molecule has 1 aromatic rings. The lowest BCUT2D eigenvalue weighted by Crippen LogP contribution is -2.29. The minimum atomic E-state index is -1.04. The molecule has 1 amide bonds. The summed E-state index contributed by atoms with van der Waals surface area (Å²) in [6.45, 7) is 0.507. The SMILES string of the molecule is O=C([O-])CCCCCN1C(=O)/C(=C/c2ccco2)SC1=S. The predicted octanol–water partition coefficient (Wildman–Crippen LogP) is 1.79. The standard InChI is InChI=1S/C14H15NO4S2/c16-12(17)6-2-1-3-7-15-13(18)11(21-14(15)20)9-10-5-4-8-19-10/h4-5,8-9H,1-3,6-7H2,(H,16,17)/p-1/b11-9-.